The lowest BCUT2D eigenvalue weighted by molar-refractivity contribution is 0.275. The molecular weight excluding hydrogens is 162 g/mol. The SMILES string of the molecule is CP(C)C.O=P(O)(O)O. The summed E-state index contributed by atoms with van der Waals surface area (Å²) in [5, 5.41) is 0. The Hall–Kier alpha value is 0.540. The summed E-state index contributed by atoms with van der Waals surface area (Å²) in [6.07, 6.45) is 0. The molecule has 0 aliphatic rings. The predicted octanol–water partition coefficient (Wildman–Crippen LogP) is 0.429. The van der Waals surface area contributed by atoms with Gasteiger partial charge in [0.2, 0.25) is 0 Å². The van der Waals surface area contributed by atoms with Crippen LogP contribution in [0.15, 0.2) is 0 Å². The van der Waals surface area contributed by atoms with Crippen molar-refractivity contribution >= 4 is 15.7 Å². The zero-order valence-electron chi connectivity index (χ0n) is 5.64. The van der Waals surface area contributed by atoms with Crippen LogP contribution in [0.2, 0.25) is 0 Å². The quantitative estimate of drug-likeness (QED) is 0.465. The zero-order chi connectivity index (χ0) is 8.08. The molecule has 3 N–H and O–H groups in total. The van der Waals surface area contributed by atoms with Crippen LogP contribution in [0.4, 0.5) is 0 Å². The van der Waals surface area contributed by atoms with E-state index in [9.17, 15) is 0 Å². The van der Waals surface area contributed by atoms with Gasteiger partial charge in [-0.2, -0.15) is 0 Å². The zero-order valence-corrected chi connectivity index (χ0v) is 7.43. The molecule has 0 amide bonds. The summed E-state index contributed by atoms with van der Waals surface area (Å²) in [5.41, 5.74) is 0. The second kappa shape index (κ2) is 5.33. The fourth-order valence-electron chi connectivity index (χ4n) is 0. The number of hydrogen-bond donors (Lipinski definition) is 3. The molecule has 0 saturated heterocycles. The summed E-state index contributed by atoms with van der Waals surface area (Å²) in [4.78, 5) is 21.6. The van der Waals surface area contributed by atoms with E-state index in [4.69, 9.17) is 19.2 Å². The van der Waals surface area contributed by atoms with Crippen LogP contribution in [0.25, 0.3) is 0 Å². The Labute approximate surface area is 55.9 Å². The van der Waals surface area contributed by atoms with Crippen molar-refractivity contribution in [3.63, 3.8) is 0 Å². The van der Waals surface area contributed by atoms with Crippen LogP contribution in [0.5, 0.6) is 0 Å². The average molecular weight is 174 g/mol. The third kappa shape index (κ3) is 1250. The molecule has 0 aromatic heterocycles. The molecule has 0 rings (SSSR count). The van der Waals surface area contributed by atoms with Crippen molar-refractivity contribution in [2.24, 2.45) is 0 Å². The van der Waals surface area contributed by atoms with Crippen LogP contribution >= 0.6 is 15.7 Å². The predicted molar refractivity (Wildman–Crippen MR) is 39.0 cm³/mol. The fourth-order valence-corrected chi connectivity index (χ4v) is 0. The first kappa shape index (κ1) is 12.2. The van der Waals surface area contributed by atoms with Gasteiger partial charge in [-0.05, 0) is 20.0 Å². The summed E-state index contributed by atoms with van der Waals surface area (Å²) in [5.74, 6) is 0. The van der Waals surface area contributed by atoms with Gasteiger partial charge >= 0.3 is 7.82 Å². The van der Waals surface area contributed by atoms with Crippen molar-refractivity contribution in [1.82, 2.24) is 0 Å². The van der Waals surface area contributed by atoms with Crippen LogP contribution in [0.1, 0.15) is 0 Å². The molecule has 0 bridgehead atoms. The molecule has 9 heavy (non-hydrogen) atoms. The minimum Gasteiger partial charge on any atom is -0.303 e. The summed E-state index contributed by atoms with van der Waals surface area (Å²) in [6, 6.07) is 0. The molecule has 0 unspecified atom stereocenters. The van der Waals surface area contributed by atoms with Gasteiger partial charge in [-0.1, -0.05) is 0 Å². The summed E-state index contributed by atoms with van der Waals surface area (Å²) < 4.78 is 8.88. The van der Waals surface area contributed by atoms with Crippen LogP contribution in [-0.4, -0.2) is 34.7 Å². The van der Waals surface area contributed by atoms with E-state index in [-0.39, 0.29) is 0 Å². The van der Waals surface area contributed by atoms with E-state index in [1.807, 2.05) is 0 Å². The van der Waals surface area contributed by atoms with Gasteiger partial charge in [0, 0.05) is 0 Å². The lowest BCUT2D eigenvalue weighted by Gasteiger charge is -1.82. The van der Waals surface area contributed by atoms with E-state index in [0.717, 1.165) is 0 Å². The maximum absolute atomic E-state index is 8.88. The topological polar surface area (TPSA) is 77.8 Å². The van der Waals surface area contributed by atoms with E-state index in [2.05, 4.69) is 20.0 Å². The van der Waals surface area contributed by atoms with Crippen molar-refractivity contribution in [3.8, 4) is 0 Å². The maximum Gasteiger partial charge on any atom is 0.466 e. The normalized spacial score (nSPS) is 10.6. The Kier molecular flexibility index (Phi) is 7.25. The van der Waals surface area contributed by atoms with Crippen molar-refractivity contribution < 1.29 is 19.2 Å². The van der Waals surface area contributed by atoms with Gasteiger partial charge in [0.25, 0.3) is 0 Å². The summed E-state index contributed by atoms with van der Waals surface area (Å²) in [6.45, 7) is 6.69. The molecule has 0 saturated carbocycles. The second-order valence-corrected chi connectivity index (χ2v) is 5.56. The highest BCUT2D eigenvalue weighted by Crippen LogP contribution is 2.25. The van der Waals surface area contributed by atoms with Crippen molar-refractivity contribution in [2.45, 2.75) is 0 Å². The van der Waals surface area contributed by atoms with Crippen molar-refractivity contribution in [3.05, 3.63) is 0 Å². The monoisotopic (exact) mass is 174 g/mol. The van der Waals surface area contributed by atoms with E-state index in [1.165, 1.54) is 0 Å². The van der Waals surface area contributed by atoms with Crippen LogP contribution in [-0.2, 0) is 4.57 Å². The Morgan fingerprint density at radius 1 is 1.11 bits per heavy atom. The highest BCUT2D eigenvalue weighted by atomic mass is 31.2. The molecule has 4 nitrogen and oxygen atoms in total. The van der Waals surface area contributed by atoms with Gasteiger partial charge in [0.15, 0.2) is 0 Å². The Bertz CT molecular complexity index is 85.0. The van der Waals surface area contributed by atoms with Crippen molar-refractivity contribution in [1.29, 1.82) is 0 Å². The molecular formula is C3H12O4P2. The molecule has 0 aliphatic heterocycles. The van der Waals surface area contributed by atoms with E-state index >= 15 is 0 Å². The van der Waals surface area contributed by atoms with Gasteiger partial charge < -0.3 is 14.7 Å². The van der Waals surface area contributed by atoms with Gasteiger partial charge in [-0.25, -0.2) is 4.57 Å². The second-order valence-electron chi connectivity index (χ2n) is 1.85. The lowest BCUT2D eigenvalue weighted by Crippen LogP contribution is -1.66. The van der Waals surface area contributed by atoms with Crippen LogP contribution in [0, 0.1) is 0 Å². The lowest BCUT2D eigenvalue weighted by atomic mass is 11.9. The summed E-state index contributed by atoms with van der Waals surface area (Å²) >= 11 is 0. The molecule has 0 aromatic rings. The van der Waals surface area contributed by atoms with E-state index in [0.29, 0.717) is 7.92 Å². The molecule has 0 aromatic carbocycles. The highest BCUT2D eigenvalue weighted by molar-refractivity contribution is 7.55. The Balaban J connectivity index is 0. The van der Waals surface area contributed by atoms with Gasteiger partial charge in [-0.15, -0.1) is 7.92 Å². The average Bonchev–Trinajstić information content (AvgIpc) is 1.19. The van der Waals surface area contributed by atoms with Gasteiger partial charge in [0.05, 0.1) is 0 Å². The molecule has 0 heterocycles. The van der Waals surface area contributed by atoms with E-state index in [1.54, 1.807) is 0 Å². The molecule has 0 fully saturated rings. The summed E-state index contributed by atoms with van der Waals surface area (Å²) in [7, 11) is -4.26. The molecule has 6 heteroatoms. The van der Waals surface area contributed by atoms with Gasteiger partial charge in [0.1, 0.15) is 0 Å². The maximum atomic E-state index is 8.88. The first-order valence-electron chi connectivity index (χ1n) is 2.12. The molecule has 0 spiro atoms. The highest BCUT2D eigenvalue weighted by Gasteiger charge is 2.00. The molecule has 0 radical (unpaired) electrons. The minimum absolute atomic E-state index is 0.380. The van der Waals surface area contributed by atoms with E-state index < -0.39 is 7.82 Å². The number of rotatable bonds is 0. The molecule has 0 aliphatic carbocycles. The molecule has 0 atom stereocenters. The minimum atomic E-state index is -4.64. The fraction of sp³-hybridized carbons (Fsp3) is 1.00. The first-order valence-corrected chi connectivity index (χ1v) is 6.37. The van der Waals surface area contributed by atoms with Crippen molar-refractivity contribution in [2.75, 3.05) is 20.0 Å². The number of hydrogen-bond acceptors (Lipinski definition) is 1. The smallest absolute Gasteiger partial charge is 0.303 e. The third-order valence-electron chi connectivity index (χ3n) is 0. The third-order valence-corrected chi connectivity index (χ3v) is 0. The largest absolute Gasteiger partial charge is 0.466 e. The number of phosphoric acid groups is 1. The molecule has 58 valence electrons. The van der Waals surface area contributed by atoms with Gasteiger partial charge in [-0.3, -0.25) is 0 Å². The Morgan fingerprint density at radius 2 is 1.11 bits per heavy atom. The standard InChI is InChI=1S/C3H9P.H3O4P/c1-4(2)3;1-5(2,3)4/h1-3H3;(H3,1,2,3,4). The van der Waals surface area contributed by atoms with Crippen LogP contribution in [0.3, 0.4) is 0 Å². The first-order chi connectivity index (χ1) is 3.73. The van der Waals surface area contributed by atoms with Crippen LogP contribution < -0.4 is 0 Å². The Morgan fingerprint density at radius 3 is 1.11 bits per heavy atom.